The summed E-state index contributed by atoms with van der Waals surface area (Å²) in [5.41, 5.74) is -1.50. The summed E-state index contributed by atoms with van der Waals surface area (Å²) in [6.45, 7) is 4.52. The van der Waals surface area contributed by atoms with Crippen LogP contribution in [0.25, 0.3) is 0 Å². The Morgan fingerprint density at radius 3 is 0.879 bits per heavy atom. The van der Waals surface area contributed by atoms with Crippen LogP contribution in [0.15, 0.2) is 0 Å². The van der Waals surface area contributed by atoms with E-state index in [0.29, 0.717) is 12.8 Å². The molecule has 0 aromatic rings. The van der Waals surface area contributed by atoms with Gasteiger partial charge in [-0.2, -0.15) is 0 Å². The van der Waals surface area contributed by atoms with Crippen molar-refractivity contribution in [3.8, 4) is 0 Å². The Kier molecular flexibility index (Phi) is 24.1. The summed E-state index contributed by atoms with van der Waals surface area (Å²) in [7, 11) is 0. The van der Waals surface area contributed by atoms with Gasteiger partial charge in [-0.05, 0) is 25.7 Å². The summed E-state index contributed by atoms with van der Waals surface area (Å²) in [6.07, 6.45) is 31.2. The number of aliphatic hydroxyl groups is 1. The molecule has 0 heterocycles. The van der Waals surface area contributed by atoms with Gasteiger partial charge in [0.15, 0.2) is 5.60 Å². The van der Waals surface area contributed by atoms with Gasteiger partial charge in [-0.15, -0.1) is 0 Å². The van der Waals surface area contributed by atoms with Crippen molar-refractivity contribution in [1.29, 1.82) is 0 Å². The van der Waals surface area contributed by atoms with Crippen LogP contribution in [0, 0.1) is 0 Å². The lowest BCUT2D eigenvalue weighted by Gasteiger charge is -2.23. The predicted molar refractivity (Wildman–Crippen MR) is 144 cm³/mol. The summed E-state index contributed by atoms with van der Waals surface area (Å²) in [6, 6.07) is 0. The fourth-order valence-electron chi connectivity index (χ4n) is 4.86. The number of rotatable bonds is 27. The molecule has 0 saturated carbocycles. The van der Waals surface area contributed by atoms with Crippen LogP contribution in [0.2, 0.25) is 0 Å². The van der Waals surface area contributed by atoms with Crippen LogP contribution < -0.4 is 0 Å². The molecule has 0 bridgehead atoms. The first-order chi connectivity index (χ1) is 16.1. The highest BCUT2D eigenvalue weighted by Crippen LogP contribution is 2.24. The Morgan fingerprint density at radius 2 is 0.667 bits per heavy atom. The van der Waals surface area contributed by atoms with Gasteiger partial charge in [0.05, 0.1) is 0 Å². The normalized spacial score (nSPS) is 13.3. The maximum atomic E-state index is 11.6. The molecule has 0 aliphatic carbocycles. The van der Waals surface area contributed by atoms with E-state index in [1.54, 1.807) is 0 Å². The third kappa shape index (κ3) is 21.7. The second-order valence-electron chi connectivity index (χ2n) is 10.6. The average molecular weight is 469 g/mol. The summed E-state index contributed by atoms with van der Waals surface area (Å²) in [4.78, 5) is 11.6. The molecule has 0 aliphatic rings. The minimum Gasteiger partial charge on any atom is -0.479 e. The number of carboxylic acids is 1. The number of hydrogen-bond donors (Lipinski definition) is 2. The minimum atomic E-state index is -1.50. The Hall–Kier alpha value is -0.570. The number of unbranched alkanes of at least 4 members (excludes halogenated alkanes) is 22. The van der Waals surface area contributed by atoms with Gasteiger partial charge in [-0.3, -0.25) is 0 Å². The maximum absolute atomic E-state index is 11.6. The van der Waals surface area contributed by atoms with Crippen LogP contribution in [0.4, 0.5) is 0 Å². The number of carboxylic acid groups (broad SMARTS) is 1. The predicted octanol–water partition coefficient (Wildman–Crippen LogP) is 9.98. The molecule has 0 aliphatic heterocycles. The molecular formula is C30H60O3. The molecule has 1 unspecified atom stereocenters. The van der Waals surface area contributed by atoms with E-state index in [2.05, 4.69) is 13.8 Å². The van der Waals surface area contributed by atoms with Crippen molar-refractivity contribution in [1.82, 2.24) is 0 Å². The second kappa shape index (κ2) is 24.6. The zero-order valence-corrected chi connectivity index (χ0v) is 22.7. The molecule has 0 spiro atoms. The SMILES string of the molecule is CCCCCCCCCCCCCCCCC(O)(CCCCCCCCCCCC)C(=O)O. The van der Waals surface area contributed by atoms with Gasteiger partial charge in [0, 0.05) is 0 Å². The zero-order chi connectivity index (χ0) is 24.5. The molecule has 0 fully saturated rings. The monoisotopic (exact) mass is 468 g/mol. The Labute approximate surface area is 207 Å². The summed E-state index contributed by atoms with van der Waals surface area (Å²) < 4.78 is 0. The van der Waals surface area contributed by atoms with Crippen molar-refractivity contribution in [3.05, 3.63) is 0 Å². The van der Waals surface area contributed by atoms with Crippen molar-refractivity contribution < 1.29 is 15.0 Å². The minimum absolute atomic E-state index is 0.414. The van der Waals surface area contributed by atoms with Crippen LogP contribution in [0.1, 0.15) is 181 Å². The molecule has 1 atom stereocenters. The Morgan fingerprint density at radius 1 is 0.455 bits per heavy atom. The summed E-state index contributed by atoms with van der Waals surface area (Å²) in [5.74, 6) is -1.02. The second-order valence-corrected chi connectivity index (χ2v) is 10.6. The van der Waals surface area contributed by atoms with Gasteiger partial charge in [0.25, 0.3) is 0 Å². The van der Waals surface area contributed by atoms with E-state index in [9.17, 15) is 15.0 Å². The molecule has 0 amide bonds. The fraction of sp³-hybridized carbons (Fsp3) is 0.967. The first kappa shape index (κ1) is 32.4. The molecule has 0 saturated heterocycles. The molecular weight excluding hydrogens is 408 g/mol. The molecule has 33 heavy (non-hydrogen) atoms. The highest BCUT2D eigenvalue weighted by atomic mass is 16.4. The van der Waals surface area contributed by atoms with Gasteiger partial charge < -0.3 is 10.2 Å². The van der Waals surface area contributed by atoms with Gasteiger partial charge in [0.2, 0.25) is 0 Å². The highest BCUT2D eigenvalue weighted by Gasteiger charge is 2.34. The lowest BCUT2D eigenvalue weighted by Crippen LogP contribution is -2.38. The van der Waals surface area contributed by atoms with Gasteiger partial charge >= 0.3 is 5.97 Å². The van der Waals surface area contributed by atoms with Gasteiger partial charge in [-0.1, -0.05) is 155 Å². The molecule has 0 aromatic carbocycles. The quantitative estimate of drug-likeness (QED) is 0.118. The largest absolute Gasteiger partial charge is 0.479 e. The van der Waals surface area contributed by atoms with Crippen molar-refractivity contribution in [2.45, 2.75) is 186 Å². The third-order valence-electron chi connectivity index (χ3n) is 7.29. The highest BCUT2D eigenvalue weighted by molar-refractivity contribution is 5.76. The topological polar surface area (TPSA) is 57.5 Å². The average Bonchev–Trinajstić information content (AvgIpc) is 2.80. The molecule has 3 nitrogen and oxygen atoms in total. The van der Waals surface area contributed by atoms with Gasteiger partial charge in [0.1, 0.15) is 0 Å². The van der Waals surface area contributed by atoms with Crippen LogP contribution in [-0.2, 0) is 4.79 Å². The third-order valence-corrected chi connectivity index (χ3v) is 7.29. The zero-order valence-electron chi connectivity index (χ0n) is 22.7. The van der Waals surface area contributed by atoms with Crippen LogP contribution in [0.3, 0.4) is 0 Å². The standard InChI is InChI=1S/C30H60O3/c1-3-5-7-9-11-13-15-16-17-18-20-22-24-26-28-30(33,29(31)32)27-25-23-21-19-14-12-10-8-6-4-2/h33H,3-28H2,1-2H3,(H,31,32). The molecule has 0 aromatic heterocycles. The van der Waals surface area contributed by atoms with E-state index >= 15 is 0 Å². The van der Waals surface area contributed by atoms with Crippen molar-refractivity contribution in [2.24, 2.45) is 0 Å². The van der Waals surface area contributed by atoms with Crippen molar-refractivity contribution in [3.63, 3.8) is 0 Å². The number of carbonyl (C=O) groups is 1. The van der Waals surface area contributed by atoms with E-state index in [1.807, 2.05) is 0 Å². The van der Waals surface area contributed by atoms with E-state index < -0.39 is 11.6 Å². The first-order valence-electron chi connectivity index (χ1n) is 15.0. The van der Waals surface area contributed by atoms with E-state index in [4.69, 9.17) is 0 Å². The van der Waals surface area contributed by atoms with E-state index in [-0.39, 0.29) is 0 Å². The van der Waals surface area contributed by atoms with E-state index in [0.717, 1.165) is 25.7 Å². The molecule has 0 rings (SSSR count). The molecule has 2 N–H and O–H groups in total. The molecule has 198 valence electrons. The van der Waals surface area contributed by atoms with Crippen molar-refractivity contribution >= 4 is 5.97 Å². The summed E-state index contributed by atoms with van der Waals surface area (Å²) in [5, 5.41) is 20.1. The number of aliphatic carboxylic acids is 1. The van der Waals surface area contributed by atoms with Crippen LogP contribution >= 0.6 is 0 Å². The Bertz CT molecular complexity index is 409. The molecule has 0 radical (unpaired) electrons. The first-order valence-corrected chi connectivity index (χ1v) is 15.0. The Balaban J connectivity index is 3.58. The van der Waals surface area contributed by atoms with Crippen LogP contribution in [-0.4, -0.2) is 21.8 Å². The molecule has 3 heteroatoms. The van der Waals surface area contributed by atoms with Crippen LogP contribution in [0.5, 0.6) is 0 Å². The maximum Gasteiger partial charge on any atom is 0.335 e. The number of hydrogen-bond acceptors (Lipinski definition) is 2. The van der Waals surface area contributed by atoms with E-state index in [1.165, 1.54) is 128 Å². The lowest BCUT2D eigenvalue weighted by atomic mass is 9.89. The summed E-state index contributed by atoms with van der Waals surface area (Å²) >= 11 is 0. The van der Waals surface area contributed by atoms with Gasteiger partial charge in [-0.25, -0.2) is 4.79 Å². The smallest absolute Gasteiger partial charge is 0.335 e. The van der Waals surface area contributed by atoms with Crippen molar-refractivity contribution in [2.75, 3.05) is 0 Å². The fourth-order valence-corrected chi connectivity index (χ4v) is 4.86. The lowest BCUT2D eigenvalue weighted by molar-refractivity contribution is -0.160.